The molecular weight excluding hydrogens is 232 g/mol. The molecule has 0 saturated carbocycles. The van der Waals surface area contributed by atoms with E-state index in [0.717, 1.165) is 0 Å². The number of nitrogens with zero attached hydrogens (tertiary/aromatic N) is 1. The lowest BCUT2D eigenvalue weighted by atomic mass is 10.2. The Bertz CT molecular complexity index is 478. The van der Waals surface area contributed by atoms with Crippen molar-refractivity contribution < 1.29 is 9.66 Å². The molecule has 0 amide bonds. The molecule has 0 bridgehead atoms. The van der Waals surface area contributed by atoms with Crippen molar-refractivity contribution in [1.29, 1.82) is 0 Å². The van der Waals surface area contributed by atoms with Crippen molar-refractivity contribution in [3.05, 3.63) is 28.3 Å². The molecule has 0 spiro atoms. The summed E-state index contributed by atoms with van der Waals surface area (Å²) in [5.41, 5.74) is 0.546. The monoisotopic (exact) mass is 248 g/mol. The number of nitrogens with one attached hydrogen (secondary N) is 1. The first kappa shape index (κ1) is 13.8. The van der Waals surface area contributed by atoms with Crippen LogP contribution in [0.5, 0.6) is 5.75 Å². The highest BCUT2D eigenvalue weighted by Gasteiger charge is 2.12. The molecule has 96 valence electrons. The van der Waals surface area contributed by atoms with Crippen LogP contribution in [0.1, 0.15) is 20.8 Å². The van der Waals surface area contributed by atoms with Gasteiger partial charge in [-0.2, -0.15) is 0 Å². The van der Waals surface area contributed by atoms with Gasteiger partial charge in [-0.15, -0.1) is 6.42 Å². The fourth-order valence-corrected chi connectivity index (χ4v) is 1.40. The number of non-ortho nitro benzene ring substituents is 1. The highest BCUT2D eigenvalue weighted by atomic mass is 16.6. The lowest BCUT2D eigenvalue weighted by Crippen LogP contribution is -2.13. The topological polar surface area (TPSA) is 64.4 Å². The summed E-state index contributed by atoms with van der Waals surface area (Å²) in [5, 5.41) is 13.8. The zero-order valence-corrected chi connectivity index (χ0v) is 10.6. The molecule has 1 unspecified atom stereocenters. The van der Waals surface area contributed by atoms with E-state index in [-0.39, 0.29) is 17.8 Å². The standard InChI is InChI=1S/C13H16N2O3/c1-5-10(4)14-11-6-12(15(16)17)8-13(7-11)18-9(2)3/h1,6-10,14H,2-4H3. The normalized spacial score (nSPS) is 11.7. The van der Waals surface area contributed by atoms with Crippen molar-refractivity contribution >= 4 is 11.4 Å². The van der Waals surface area contributed by atoms with Crippen molar-refractivity contribution in [1.82, 2.24) is 0 Å². The smallest absolute Gasteiger partial charge is 0.275 e. The summed E-state index contributed by atoms with van der Waals surface area (Å²) in [6, 6.07) is 4.31. The maximum Gasteiger partial charge on any atom is 0.275 e. The van der Waals surface area contributed by atoms with Gasteiger partial charge >= 0.3 is 0 Å². The van der Waals surface area contributed by atoms with Crippen molar-refractivity contribution in [2.24, 2.45) is 0 Å². The molecule has 1 aromatic rings. The molecule has 0 aliphatic carbocycles. The van der Waals surface area contributed by atoms with Crippen LogP contribution in [0.2, 0.25) is 0 Å². The van der Waals surface area contributed by atoms with Gasteiger partial charge in [0.25, 0.3) is 5.69 Å². The van der Waals surface area contributed by atoms with E-state index in [1.165, 1.54) is 12.1 Å². The molecule has 0 fully saturated rings. The average Bonchev–Trinajstić information content (AvgIpc) is 2.27. The third-order valence-corrected chi connectivity index (χ3v) is 2.11. The minimum absolute atomic E-state index is 0.0279. The zero-order valence-electron chi connectivity index (χ0n) is 10.6. The molecular formula is C13H16N2O3. The Morgan fingerprint density at radius 3 is 2.56 bits per heavy atom. The molecule has 0 aliphatic rings. The van der Waals surface area contributed by atoms with E-state index in [0.29, 0.717) is 11.4 Å². The van der Waals surface area contributed by atoms with Crippen LogP contribution >= 0.6 is 0 Å². The summed E-state index contributed by atoms with van der Waals surface area (Å²) in [7, 11) is 0. The van der Waals surface area contributed by atoms with Gasteiger partial charge in [-0.05, 0) is 20.8 Å². The number of hydrogen-bond donors (Lipinski definition) is 1. The number of hydrogen-bond acceptors (Lipinski definition) is 4. The first-order chi connectivity index (χ1) is 8.42. The Morgan fingerprint density at radius 1 is 1.39 bits per heavy atom. The Hall–Kier alpha value is -2.22. The molecule has 1 rings (SSSR count). The molecule has 18 heavy (non-hydrogen) atoms. The Kier molecular flexibility index (Phi) is 4.55. The predicted molar refractivity (Wildman–Crippen MR) is 70.8 cm³/mol. The van der Waals surface area contributed by atoms with Gasteiger partial charge in [0.05, 0.1) is 23.1 Å². The molecule has 0 saturated heterocycles. The van der Waals surface area contributed by atoms with Gasteiger partial charge in [0.15, 0.2) is 0 Å². The predicted octanol–water partition coefficient (Wildman–Crippen LogP) is 2.82. The fraction of sp³-hybridized carbons (Fsp3) is 0.385. The zero-order chi connectivity index (χ0) is 13.7. The van der Waals surface area contributed by atoms with Gasteiger partial charge < -0.3 is 10.1 Å². The molecule has 1 N–H and O–H groups in total. The van der Waals surface area contributed by atoms with E-state index in [1.54, 1.807) is 13.0 Å². The van der Waals surface area contributed by atoms with E-state index >= 15 is 0 Å². The molecule has 1 atom stereocenters. The number of nitro groups is 1. The Labute approximate surface area is 106 Å². The molecule has 0 heterocycles. The molecule has 0 aromatic heterocycles. The van der Waals surface area contributed by atoms with Gasteiger partial charge in [0, 0.05) is 17.8 Å². The summed E-state index contributed by atoms with van der Waals surface area (Å²) < 4.78 is 5.46. The maximum atomic E-state index is 10.8. The number of nitro benzene ring substituents is 1. The van der Waals surface area contributed by atoms with Gasteiger partial charge in [-0.3, -0.25) is 10.1 Å². The van der Waals surface area contributed by atoms with Crippen LogP contribution in [0, 0.1) is 22.5 Å². The quantitative estimate of drug-likeness (QED) is 0.494. The third-order valence-electron chi connectivity index (χ3n) is 2.11. The highest BCUT2D eigenvalue weighted by Crippen LogP contribution is 2.27. The van der Waals surface area contributed by atoms with Gasteiger partial charge in [-0.1, -0.05) is 5.92 Å². The second-order valence-corrected chi connectivity index (χ2v) is 4.17. The first-order valence-corrected chi connectivity index (χ1v) is 5.61. The van der Waals surface area contributed by atoms with Crippen molar-refractivity contribution in [2.75, 3.05) is 5.32 Å². The van der Waals surface area contributed by atoms with E-state index in [1.807, 2.05) is 13.8 Å². The number of anilines is 1. The van der Waals surface area contributed by atoms with Crippen molar-refractivity contribution in [3.8, 4) is 18.1 Å². The molecule has 1 aromatic carbocycles. The lowest BCUT2D eigenvalue weighted by molar-refractivity contribution is -0.384. The minimum atomic E-state index is -0.459. The van der Waals surface area contributed by atoms with E-state index < -0.39 is 4.92 Å². The fourth-order valence-electron chi connectivity index (χ4n) is 1.40. The van der Waals surface area contributed by atoms with E-state index in [4.69, 9.17) is 11.2 Å². The van der Waals surface area contributed by atoms with Crippen LogP contribution in [0.3, 0.4) is 0 Å². The maximum absolute atomic E-state index is 10.8. The van der Waals surface area contributed by atoms with Crippen molar-refractivity contribution in [3.63, 3.8) is 0 Å². The third kappa shape index (κ3) is 3.98. The number of ether oxygens (including phenoxy) is 1. The van der Waals surface area contributed by atoms with E-state index in [2.05, 4.69) is 11.2 Å². The summed E-state index contributed by atoms with van der Waals surface area (Å²) in [6.07, 6.45) is 5.21. The van der Waals surface area contributed by atoms with Crippen LogP contribution in [0.25, 0.3) is 0 Å². The highest BCUT2D eigenvalue weighted by molar-refractivity contribution is 5.57. The molecule has 5 nitrogen and oxygen atoms in total. The van der Waals surface area contributed by atoms with Gasteiger partial charge in [-0.25, -0.2) is 0 Å². The molecule has 5 heteroatoms. The van der Waals surface area contributed by atoms with Crippen LogP contribution in [-0.2, 0) is 0 Å². The summed E-state index contributed by atoms with van der Waals surface area (Å²) >= 11 is 0. The number of benzene rings is 1. The Balaban J connectivity index is 3.06. The van der Waals surface area contributed by atoms with Crippen LogP contribution in [-0.4, -0.2) is 17.1 Å². The van der Waals surface area contributed by atoms with Gasteiger partial charge in [0.1, 0.15) is 5.75 Å². The molecule has 0 radical (unpaired) electrons. The number of terminal acetylenes is 1. The summed E-state index contributed by atoms with van der Waals surface area (Å²) in [4.78, 5) is 10.4. The van der Waals surface area contributed by atoms with Crippen LogP contribution in [0.4, 0.5) is 11.4 Å². The first-order valence-electron chi connectivity index (χ1n) is 5.61. The Morgan fingerprint density at radius 2 is 2.06 bits per heavy atom. The van der Waals surface area contributed by atoms with Crippen molar-refractivity contribution in [2.45, 2.75) is 32.9 Å². The SMILES string of the molecule is C#CC(C)Nc1cc(OC(C)C)cc([N+](=O)[O-])c1. The molecule has 0 aliphatic heterocycles. The number of rotatable bonds is 5. The average molecular weight is 248 g/mol. The van der Waals surface area contributed by atoms with Crippen LogP contribution < -0.4 is 10.1 Å². The lowest BCUT2D eigenvalue weighted by Gasteiger charge is -2.13. The van der Waals surface area contributed by atoms with E-state index in [9.17, 15) is 10.1 Å². The second-order valence-electron chi connectivity index (χ2n) is 4.17. The minimum Gasteiger partial charge on any atom is -0.491 e. The van der Waals surface area contributed by atoms with Gasteiger partial charge in [0.2, 0.25) is 0 Å². The van der Waals surface area contributed by atoms with Crippen LogP contribution in [0.15, 0.2) is 18.2 Å². The summed E-state index contributed by atoms with van der Waals surface area (Å²) in [5.74, 6) is 2.95. The summed E-state index contributed by atoms with van der Waals surface area (Å²) in [6.45, 7) is 5.51. The largest absolute Gasteiger partial charge is 0.491 e. The second kappa shape index (κ2) is 5.92.